The molecule has 1 atom stereocenters. The minimum Gasteiger partial charge on any atom is -0.308 e. The maximum absolute atomic E-state index is 5.71. The van der Waals surface area contributed by atoms with Gasteiger partial charge in [0.15, 0.2) is 0 Å². The van der Waals surface area contributed by atoms with Gasteiger partial charge in [0.25, 0.3) is 0 Å². The van der Waals surface area contributed by atoms with E-state index >= 15 is 0 Å². The summed E-state index contributed by atoms with van der Waals surface area (Å²) in [5.74, 6) is 0. The van der Waals surface area contributed by atoms with Gasteiger partial charge in [-0.2, -0.15) is 0 Å². The average molecular weight is 175 g/mol. The first-order valence-electron chi connectivity index (χ1n) is 3.21. The zero-order chi connectivity index (χ0) is 6.97. The molecule has 0 spiro atoms. The van der Waals surface area contributed by atoms with Crippen molar-refractivity contribution >= 4 is 22.9 Å². The van der Waals surface area contributed by atoms with Crippen molar-refractivity contribution in [2.24, 2.45) is 0 Å². The van der Waals surface area contributed by atoms with E-state index in [2.05, 4.69) is 10.3 Å². The lowest BCUT2D eigenvalue weighted by Gasteiger charge is -2.24. The SMILES string of the molecule is Clc1cnc(C2CCN2)s1. The molecule has 1 aliphatic rings. The van der Waals surface area contributed by atoms with Crippen molar-refractivity contribution in [1.82, 2.24) is 10.3 Å². The second-order valence-corrected chi connectivity index (χ2v) is 3.99. The van der Waals surface area contributed by atoms with Gasteiger partial charge < -0.3 is 5.32 Å². The molecule has 10 heavy (non-hydrogen) atoms. The van der Waals surface area contributed by atoms with Gasteiger partial charge in [-0.3, -0.25) is 0 Å². The summed E-state index contributed by atoms with van der Waals surface area (Å²) in [5.41, 5.74) is 0. The Labute approximate surface area is 68.2 Å². The molecule has 0 bridgehead atoms. The highest BCUT2D eigenvalue weighted by Crippen LogP contribution is 2.28. The highest BCUT2D eigenvalue weighted by Gasteiger charge is 2.20. The van der Waals surface area contributed by atoms with Crippen LogP contribution in [0.4, 0.5) is 0 Å². The predicted octanol–water partition coefficient (Wildman–Crippen LogP) is 1.83. The van der Waals surface area contributed by atoms with Crippen molar-refractivity contribution < 1.29 is 0 Å². The maximum Gasteiger partial charge on any atom is 0.113 e. The Morgan fingerprint density at radius 2 is 2.60 bits per heavy atom. The molecule has 0 amide bonds. The number of nitrogens with zero attached hydrogens (tertiary/aromatic N) is 1. The predicted molar refractivity (Wildman–Crippen MR) is 42.5 cm³/mol. The first-order valence-corrected chi connectivity index (χ1v) is 4.40. The van der Waals surface area contributed by atoms with E-state index in [9.17, 15) is 0 Å². The molecule has 1 aromatic rings. The van der Waals surface area contributed by atoms with Gasteiger partial charge in [0.2, 0.25) is 0 Å². The fraction of sp³-hybridized carbons (Fsp3) is 0.500. The molecule has 54 valence electrons. The van der Waals surface area contributed by atoms with Gasteiger partial charge in [0.1, 0.15) is 9.34 Å². The Hall–Kier alpha value is -0.120. The minimum atomic E-state index is 0.484. The van der Waals surface area contributed by atoms with Crippen LogP contribution in [0.25, 0.3) is 0 Å². The van der Waals surface area contributed by atoms with Crippen molar-refractivity contribution in [3.05, 3.63) is 15.5 Å². The Kier molecular flexibility index (Phi) is 1.64. The largest absolute Gasteiger partial charge is 0.308 e. The van der Waals surface area contributed by atoms with Crippen LogP contribution in [-0.2, 0) is 0 Å². The number of halogens is 1. The molecule has 1 aromatic heterocycles. The summed E-state index contributed by atoms with van der Waals surface area (Å²) >= 11 is 7.28. The van der Waals surface area contributed by atoms with Gasteiger partial charge in [-0.05, 0) is 13.0 Å². The summed E-state index contributed by atoms with van der Waals surface area (Å²) in [4.78, 5) is 4.16. The van der Waals surface area contributed by atoms with E-state index in [1.54, 1.807) is 17.5 Å². The van der Waals surface area contributed by atoms with Gasteiger partial charge in [0, 0.05) is 0 Å². The van der Waals surface area contributed by atoms with Gasteiger partial charge in [0.05, 0.1) is 12.2 Å². The Balaban J connectivity index is 2.17. The highest BCUT2D eigenvalue weighted by molar-refractivity contribution is 7.15. The van der Waals surface area contributed by atoms with E-state index in [4.69, 9.17) is 11.6 Å². The number of hydrogen-bond donors (Lipinski definition) is 1. The number of hydrogen-bond acceptors (Lipinski definition) is 3. The molecule has 1 N–H and O–H groups in total. The van der Waals surface area contributed by atoms with Crippen LogP contribution in [0.3, 0.4) is 0 Å². The van der Waals surface area contributed by atoms with E-state index in [1.807, 2.05) is 0 Å². The summed E-state index contributed by atoms with van der Waals surface area (Å²) in [7, 11) is 0. The lowest BCUT2D eigenvalue weighted by atomic mass is 10.1. The van der Waals surface area contributed by atoms with Crippen LogP contribution in [-0.4, -0.2) is 11.5 Å². The Morgan fingerprint density at radius 3 is 3.00 bits per heavy atom. The Morgan fingerprint density at radius 1 is 1.80 bits per heavy atom. The zero-order valence-corrected chi connectivity index (χ0v) is 6.87. The molecule has 2 rings (SSSR count). The number of nitrogens with one attached hydrogen (secondary N) is 1. The molecule has 1 aliphatic heterocycles. The van der Waals surface area contributed by atoms with Gasteiger partial charge in [-0.25, -0.2) is 4.98 Å². The summed E-state index contributed by atoms with van der Waals surface area (Å²) < 4.78 is 0.781. The third-order valence-corrected chi connectivity index (χ3v) is 2.85. The molecule has 1 saturated heterocycles. The summed E-state index contributed by atoms with van der Waals surface area (Å²) in [6.45, 7) is 1.11. The van der Waals surface area contributed by atoms with Crippen molar-refractivity contribution in [2.45, 2.75) is 12.5 Å². The summed E-state index contributed by atoms with van der Waals surface area (Å²) in [6, 6.07) is 0.484. The van der Waals surface area contributed by atoms with Crippen LogP contribution in [0.15, 0.2) is 6.20 Å². The quantitative estimate of drug-likeness (QED) is 0.703. The molecule has 1 fully saturated rings. The number of rotatable bonds is 1. The van der Waals surface area contributed by atoms with Gasteiger partial charge >= 0.3 is 0 Å². The van der Waals surface area contributed by atoms with Crippen LogP contribution in [0.2, 0.25) is 4.34 Å². The molecule has 2 nitrogen and oxygen atoms in total. The number of thiazole rings is 1. The summed E-state index contributed by atoms with van der Waals surface area (Å²) in [5, 5.41) is 4.39. The maximum atomic E-state index is 5.71. The topological polar surface area (TPSA) is 24.9 Å². The van der Waals surface area contributed by atoms with Crippen LogP contribution in [0, 0.1) is 0 Å². The standard InChI is InChI=1S/C6H7ClN2S/c7-5-3-9-6(10-5)4-1-2-8-4/h3-4,8H,1-2H2. The van der Waals surface area contributed by atoms with E-state index in [-0.39, 0.29) is 0 Å². The molecule has 0 aliphatic carbocycles. The van der Waals surface area contributed by atoms with Gasteiger partial charge in [-0.15, -0.1) is 11.3 Å². The van der Waals surface area contributed by atoms with Crippen molar-refractivity contribution in [3.8, 4) is 0 Å². The fourth-order valence-electron chi connectivity index (χ4n) is 0.928. The average Bonchev–Trinajstić information content (AvgIpc) is 2.10. The van der Waals surface area contributed by atoms with E-state index < -0.39 is 0 Å². The normalized spacial score (nSPS) is 24.3. The molecule has 2 heterocycles. The van der Waals surface area contributed by atoms with E-state index in [1.165, 1.54) is 6.42 Å². The molecule has 4 heteroatoms. The Bertz CT molecular complexity index is 231. The lowest BCUT2D eigenvalue weighted by Crippen LogP contribution is -2.34. The number of aromatic nitrogens is 1. The molecule has 0 saturated carbocycles. The second-order valence-electron chi connectivity index (χ2n) is 2.30. The third-order valence-electron chi connectivity index (χ3n) is 1.62. The highest BCUT2D eigenvalue weighted by atomic mass is 35.5. The van der Waals surface area contributed by atoms with Crippen LogP contribution >= 0.6 is 22.9 Å². The molecule has 0 aromatic carbocycles. The van der Waals surface area contributed by atoms with Crippen molar-refractivity contribution in [2.75, 3.05) is 6.54 Å². The fourth-order valence-corrected chi connectivity index (χ4v) is 1.97. The summed E-state index contributed by atoms with van der Waals surface area (Å²) in [6.07, 6.45) is 2.91. The second kappa shape index (κ2) is 2.49. The van der Waals surface area contributed by atoms with Gasteiger partial charge in [-0.1, -0.05) is 11.6 Å². The van der Waals surface area contributed by atoms with Crippen molar-refractivity contribution in [3.63, 3.8) is 0 Å². The minimum absolute atomic E-state index is 0.484. The third kappa shape index (κ3) is 1.05. The van der Waals surface area contributed by atoms with Crippen LogP contribution < -0.4 is 5.32 Å². The molecule has 0 radical (unpaired) electrons. The van der Waals surface area contributed by atoms with E-state index in [0.29, 0.717) is 6.04 Å². The zero-order valence-electron chi connectivity index (χ0n) is 5.30. The first kappa shape index (κ1) is 6.58. The van der Waals surface area contributed by atoms with Crippen LogP contribution in [0.1, 0.15) is 17.5 Å². The lowest BCUT2D eigenvalue weighted by molar-refractivity contribution is 0.382. The van der Waals surface area contributed by atoms with E-state index in [0.717, 1.165) is 15.9 Å². The first-order chi connectivity index (χ1) is 4.86. The molecule has 1 unspecified atom stereocenters. The van der Waals surface area contributed by atoms with Crippen molar-refractivity contribution in [1.29, 1.82) is 0 Å². The monoisotopic (exact) mass is 174 g/mol. The molecular formula is C6H7ClN2S. The van der Waals surface area contributed by atoms with Crippen LogP contribution in [0.5, 0.6) is 0 Å². The smallest absolute Gasteiger partial charge is 0.113 e. The molecular weight excluding hydrogens is 168 g/mol.